The van der Waals surface area contributed by atoms with Gasteiger partial charge >= 0.3 is 0 Å². The standard InChI is InChI=1S/C16H23N3O3/c1-19-9-13(8-17-19)22-15-11-21-10-14(15)18-16(20)7-12-5-3-2-4-6-12/h7-9,14-15H,2-6,10-11H2,1H3,(H,18,20)/t14-,15+/m0/s1. The highest BCUT2D eigenvalue weighted by Crippen LogP contribution is 2.22. The van der Waals surface area contributed by atoms with Gasteiger partial charge in [-0.05, 0) is 25.7 Å². The molecule has 1 aliphatic carbocycles. The maximum absolute atomic E-state index is 12.2. The predicted molar refractivity (Wildman–Crippen MR) is 81.5 cm³/mol. The third-order valence-corrected chi connectivity index (χ3v) is 4.16. The number of aryl methyl sites for hydroxylation is 1. The molecular formula is C16H23N3O3. The van der Waals surface area contributed by atoms with Gasteiger partial charge in [-0.1, -0.05) is 12.0 Å². The number of ether oxygens (including phenoxy) is 2. The zero-order chi connectivity index (χ0) is 15.4. The molecule has 6 heteroatoms. The zero-order valence-corrected chi connectivity index (χ0v) is 13.0. The van der Waals surface area contributed by atoms with Crippen molar-refractivity contribution in [1.29, 1.82) is 0 Å². The Kier molecular flexibility index (Phi) is 4.77. The van der Waals surface area contributed by atoms with Gasteiger partial charge in [0, 0.05) is 13.1 Å². The molecule has 2 heterocycles. The van der Waals surface area contributed by atoms with E-state index in [-0.39, 0.29) is 18.1 Å². The van der Waals surface area contributed by atoms with E-state index in [0.29, 0.717) is 19.0 Å². The van der Waals surface area contributed by atoms with Crippen LogP contribution in [0.2, 0.25) is 0 Å². The van der Waals surface area contributed by atoms with E-state index in [1.807, 2.05) is 7.05 Å². The Hall–Kier alpha value is -1.82. The molecule has 1 aliphatic heterocycles. The molecule has 1 saturated carbocycles. The Labute approximate surface area is 130 Å². The molecule has 1 aromatic heterocycles. The summed E-state index contributed by atoms with van der Waals surface area (Å²) < 4.78 is 13.0. The molecule has 1 aromatic rings. The Balaban J connectivity index is 1.55. The van der Waals surface area contributed by atoms with Crippen LogP contribution in [0, 0.1) is 0 Å². The summed E-state index contributed by atoms with van der Waals surface area (Å²) in [7, 11) is 1.84. The zero-order valence-electron chi connectivity index (χ0n) is 13.0. The number of carbonyl (C=O) groups excluding carboxylic acids is 1. The van der Waals surface area contributed by atoms with Gasteiger partial charge in [-0.2, -0.15) is 5.10 Å². The molecule has 1 saturated heterocycles. The molecule has 0 bridgehead atoms. The van der Waals surface area contributed by atoms with Crippen molar-refractivity contribution in [1.82, 2.24) is 15.1 Å². The molecule has 22 heavy (non-hydrogen) atoms. The summed E-state index contributed by atoms with van der Waals surface area (Å²) in [6.45, 7) is 0.969. The summed E-state index contributed by atoms with van der Waals surface area (Å²) in [5.41, 5.74) is 1.26. The molecule has 2 fully saturated rings. The number of hydrogen-bond acceptors (Lipinski definition) is 4. The third kappa shape index (κ3) is 3.88. The van der Waals surface area contributed by atoms with Crippen molar-refractivity contribution >= 4 is 5.91 Å². The Bertz CT molecular complexity index is 545. The third-order valence-electron chi connectivity index (χ3n) is 4.16. The van der Waals surface area contributed by atoms with Crippen molar-refractivity contribution in [3.8, 4) is 5.75 Å². The molecule has 3 rings (SSSR count). The number of carbonyl (C=O) groups is 1. The lowest BCUT2D eigenvalue weighted by Crippen LogP contribution is -2.44. The fourth-order valence-electron chi connectivity index (χ4n) is 2.98. The van der Waals surface area contributed by atoms with E-state index < -0.39 is 0 Å². The van der Waals surface area contributed by atoms with Crippen molar-refractivity contribution in [2.24, 2.45) is 7.05 Å². The minimum absolute atomic E-state index is 0.0350. The minimum Gasteiger partial charge on any atom is -0.482 e. The van der Waals surface area contributed by atoms with Crippen LogP contribution in [-0.2, 0) is 16.6 Å². The van der Waals surface area contributed by atoms with Gasteiger partial charge in [-0.25, -0.2) is 0 Å². The summed E-state index contributed by atoms with van der Waals surface area (Å²) in [5.74, 6) is 0.662. The number of nitrogens with one attached hydrogen (secondary N) is 1. The lowest BCUT2D eigenvalue weighted by atomic mass is 9.94. The number of allylic oxidation sites excluding steroid dienone is 1. The van der Waals surface area contributed by atoms with Crippen molar-refractivity contribution in [2.45, 2.75) is 44.2 Å². The van der Waals surface area contributed by atoms with Gasteiger partial charge in [0.25, 0.3) is 0 Å². The average Bonchev–Trinajstić information content (AvgIpc) is 3.10. The molecule has 2 atom stereocenters. The van der Waals surface area contributed by atoms with Crippen LogP contribution in [0.1, 0.15) is 32.1 Å². The smallest absolute Gasteiger partial charge is 0.244 e. The van der Waals surface area contributed by atoms with Gasteiger partial charge in [0.05, 0.1) is 31.6 Å². The normalized spacial score (nSPS) is 25.0. The molecule has 2 aliphatic rings. The van der Waals surface area contributed by atoms with Crippen molar-refractivity contribution in [3.05, 3.63) is 24.0 Å². The maximum Gasteiger partial charge on any atom is 0.244 e. The second-order valence-electron chi connectivity index (χ2n) is 6.02. The Morgan fingerprint density at radius 2 is 2.23 bits per heavy atom. The molecular weight excluding hydrogens is 282 g/mol. The number of hydrogen-bond donors (Lipinski definition) is 1. The second-order valence-corrected chi connectivity index (χ2v) is 6.02. The highest BCUT2D eigenvalue weighted by atomic mass is 16.5. The van der Waals surface area contributed by atoms with Gasteiger partial charge in [0.15, 0.2) is 5.75 Å². The van der Waals surface area contributed by atoms with Gasteiger partial charge in [-0.3, -0.25) is 9.48 Å². The minimum atomic E-state index is -0.169. The summed E-state index contributed by atoms with van der Waals surface area (Å²) in [4.78, 5) is 12.2. The van der Waals surface area contributed by atoms with Crippen molar-refractivity contribution in [2.75, 3.05) is 13.2 Å². The van der Waals surface area contributed by atoms with Gasteiger partial charge in [-0.15, -0.1) is 0 Å². The summed E-state index contributed by atoms with van der Waals surface area (Å²) in [6.07, 6.45) is 10.8. The van der Waals surface area contributed by atoms with Gasteiger partial charge < -0.3 is 14.8 Å². The summed E-state index contributed by atoms with van der Waals surface area (Å²) in [6, 6.07) is -0.117. The SMILES string of the molecule is Cn1cc(O[C@@H]2COC[C@@H]2NC(=O)C=C2CCCCC2)cn1. The lowest BCUT2D eigenvalue weighted by molar-refractivity contribution is -0.117. The lowest BCUT2D eigenvalue weighted by Gasteiger charge is -2.19. The number of aromatic nitrogens is 2. The van der Waals surface area contributed by atoms with Crippen LogP contribution in [0.3, 0.4) is 0 Å². The van der Waals surface area contributed by atoms with Crippen molar-refractivity contribution < 1.29 is 14.3 Å². The van der Waals surface area contributed by atoms with Crippen LogP contribution in [0.15, 0.2) is 24.0 Å². The Morgan fingerprint density at radius 1 is 1.41 bits per heavy atom. The molecule has 1 N–H and O–H groups in total. The van der Waals surface area contributed by atoms with Crippen LogP contribution in [0.4, 0.5) is 0 Å². The first-order valence-corrected chi connectivity index (χ1v) is 7.94. The van der Waals surface area contributed by atoms with E-state index >= 15 is 0 Å². The molecule has 6 nitrogen and oxygen atoms in total. The molecule has 0 unspecified atom stereocenters. The fourth-order valence-corrected chi connectivity index (χ4v) is 2.98. The summed E-state index contributed by atoms with van der Waals surface area (Å²) >= 11 is 0. The van der Waals surface area contributed by atoms with Crippen LogP contribution < -0.4 is 10.1 Å². The number of amides is 1. The molecule has 1 amide bonds. The van der Waals surface area contributed by atoms with E-state index in [4.69, 9.17) is 9.47 Å². The average molecular weight is 305 g/mol. The molecule has 0 spiro atoms. The van der Waals surface area contributed by atoms with E-state index in [0.717, 1.165) is 12.8 Å². The van der Waals surface area contributed by atoms with Crippen LogP contribution in [0.5, 0.6) is 5.75 Å². The van der Waals surface area contributed by atoms with Crippen molar-refractivity contribution in [3.63, 3.8) is 0 Å². The summed E-state index contributed by atoms with van der Waals surface area (Å²) in [5, 5.41) is 7.09. The molecule has 120 valence electrons. The fraction of sp³-hybridized carbons (Fsp3) is 0.625. The number of nitrogens with zero attached hydrogens (tertiary/aromatic N) is 2. The van der Waals surface area contributed by atoms with E-state index in [1.54, 1.807) is 23.2 Å². The first-order chi connectivity index (χ1) is 10.7. The van der Waals surface area contributed by atoms with Crippen LogP contribution in [0.25, 0.3) is 0 Å². The van der Waals surface area contributed by atoms with Gasteiger partial charge in [0.1, 0.15) is 6.10 Å². The predicted octanol–water partition coefficient (Wildman–Crippen LogP) is 1.57. The highest BCUT2D eigenvalue weighted by molar-refractivity contribution is 5.88. The largest absolute Gasteiger partial charge is 0.482 e. The molecule has 0 radical (unpaired) electrons. The van der Waals surface area contributed by atoms with E-state index in [9.17, 15) is 4.79 Å². The first kappa shape index (κ1) is 15.1. The topological polar surface area (TPSA) is 65.4 Å². The monoisotopic (exact) mass is 305 g/mol. The second kappa shape index (κ2) is 6.96. The Morgan fingerprint density at radius 3 is 2.95 bits per heavy atom. The quantitative estimate of drug-likeness (QED) is 0.858. The number of rotatable bonds is 4. The van der Waals surface area contributed by atoms with Crippen LogP contribution in [-0.4, -0.2) is 41.0 Å². The van der Waals surface area contributed by atoms with Crippen LogP contribution >= 0.6 is 0 Å². The van der Waals surface area contributed by atoms with E-state index in [1.165, 1.54) is 24.8 Å². The maximum atomic E-state index is 12.2. The van der Waals surface area contributed by atoms with Gasteiger partial charge in [0.2, 0.25) is 5.91 Å². The highest BCUT2D eigenvalue weighted by Gasteiger charge is 2.31. The van der Waals surface area contributed by atoms with E-state index in [2.05, 4.69) is 10.4 Å². The molecule has 0 aromatic carbocycles. The first-order valence-electron chi connectivity index (χ1n) is 7.94.